The molecule has 3 aromatic rings. The smallest absolute Gasteiger partial charge is 0.253 e. The van der Waals surface area contributed by atoms with Crippen molar-refractivity contribution in [3.8, 4) is 0 Å². The van der Waals surface area contributed by atoms with E-state index < -0.39 is 0 Å². The Hall–Kier alpha value is -3.50. The lowest BCUT2D eigenvalue weighted by Gasteiger charge is -2.39. The van der Waals surface area contributed by atoms with E-state index in [0.717, 1.165) is 55.3 Å². The molecule has 1 atom stereocenters. The molecule has 1 aromatic heterocycles. The second-order valence-corrected chi connectivity index (χ2v) is 9.02. The standard InChI is InChI=1S/C28H34N4O3.CH5NO/c1-3-31(4-2)28(34)23-12-10-22(11-13-23)27(24-7-5-8-25(19-24)29-21-33)32-16-14-30(15-17-32)20-26-9-6-18-35-26;1-3-2/h5-13,18-19,21,27H,3-4,14-17,20H2,1-2H3,(H,29,33);2H2,1H3/t27-;/m1./s1. The summed E-state index contributed by atoms with van der Waals surface area (Å²) < 4.78 is 5.53. The van der Waals surface area contributed by atoms with Crippen LogP contribution in [0.25, 0.3) is 0 Å². The number of carbonyl (C=O) groups is 2. The Kier molecular flexibility index (Phi) is 11.5. The quantitative estimate of drug-likeness (QED) is 0.309. The minimum absolute atomic E-state index is 0.0202. The fourth-order valence-corrected chi connectivity index (χ4v) is 4.78. The Morgan fingerprint density at radius 1 is 1.05 bits per heavy atom. The molecule has 0 bridgehead atoms. The van der Waals surface area contributed by atoms with Crippen LogP contribution in [-0.4, -0.2) is 73.4 Å². The number of anilines is 1. The molecule has 1 saturated heterocycles. The monoisotopic (exact) mass is 521 g/mol. The van der Waals surface area contributed by atoms with Gasteiger partial charge in [0.25, 0.3) is 5.91 Å². The van der Waals surface area contributed by atoms with Gasteiger partial charge in [-0.25, -0.2) is 5.90 Å². The molecule has 0 aliphatic carbocycles. The molecule has 0 spiro atoms. The largest absolute Gasteiger partial charge is 0.468 e. The first kappa shape index (κ1) is 29.1. The summed E-state index contributed by atoms with van der Waals surface area (Å²) in [5.74, 6) is 5.39. The number of nitrogens with zero attached hydrogens (tertiary/aromatic N) is 3. The normalized spacial score (nSPS) is 14.7. The lowest BCUT2D eigenvalue weighted by molar-refractivity contribution is -0.105. The summed E-state index contributed by atoms with van der Waals surface area (Å²) in [5.41, 5.74) is 3.71. The van der Waals surface area contributed by atoms with Gasteiger partial charge in [0.05, 0.1) is 26.0 Å². The van der Waals surface area contributed by atoms with E-state index in [-0.39, 0.29) is 11.9 Å². The Morgan fingerprint density at radius 3 is 2.32 bits per heavy atom. The number of benzene rings is 2. The van der Waals surface area contributed by atoms with Crippen LogP contribution >= 0.6 is 0 Å². The SMILES string of the molecule is CCN(CC)C(=O)c1ccc([C@H](c2cccc(NC=O)c2)N2CCN(Cc3ccco3)CC2)cc1.CON. The number of nitrogens with two attached hydrogens (primary N) is 1. The molecule has 2 aromatic carbocycles. The maximum atomic E-state index is 12.8. The van der Waals surface area contributed by atoms with Crippen LogP contribution in [0.2, 0.25) is 0 Å². The van der Waals surface area contributed by atoms with E-state index in [2.05, 4.69) is 44.1 Å². The van der Waals surface area contributed by atoms with Gasteiger partial charge in [0.2, 0.25) is 6.41 Å². The molecule has 0 radical (unpaired) electrons. The summed E-state index contributed by atoms with van der Waals surface area (Å²) >= 11 is 0. The number of rotatable bonds is 10. The molecule has 4 rings (SSSR count). The number of hydrogen-bond donors (Lipinski definition) is 2. The average molecular weight is 522 g/mol. The predicted molar refractivity (Wildman–Crippen MR) is 148 cm³/mol. The van der Waals surface area contributed by atoms with Crippen molar-refractivity contribution in [2.75, 3.05) is 51.7 Å². The van der Waals surface area contributed by atoms with Crippen molar-refractivity contribution in [3.63, 3.8) is 0 Å². The van der Waals surface area contributed by atoms with Gasteiger partial charge in [-0.15, -0.1) is 0 Å². The van der Waals surface area contributed by atoms with Gasteiger partial charge in [-0.05, 0) is 61.4 Å². The molecule has 1 fully saturated rings. The molecule has 0 saturated carbocycles. The van der Waals surface area contributed by atoms with Crippen molar-refractivity contribution in [1.82, 2.24) is 14.7 Å². The van der Waals surface area contributed by atoms with Gasteiger partial charge in [0.1, 0.15) is 5.76 Å². The molecule has 9 heteroatoms. The third kappa shape index (κ3) is 7.75. The summed E-state index contributed by atoms with van der Waals surface area (Å²) in [6.45, 7) is 9.86. The zero-order chi connectivity index (χ0) is 27.3. The van der Waals surface area contributed by atoms with E-state index in [1.807, 2.05) is 61.2 Å². The van der Waals surface area contributed by atoms with Gasteiger partial charge in [0, 0.05) is 50.5 Å². The van der Waals surface area contributed by atoms with Gasteiger partial charge in [0.15, 0.2) is 0 Å². The van der Waals surface area contributed by atoms with Gasteiger partial charge < -0.3 is 19.5 Å². The van der Waals surface area contributed by atoms with Gasteiger partial charge in [-0.1, -0.05) is 24.3 Å². The minimum atomic E-state index is 0.0202. The molecule has 3 N–H and O–H groups in total. The topological polar surface area (TPSA) is 104 Å². The van der Waals surface area contributed by atoms with Gasteiger partial charge in [-0.3, -0.25) is 19.4 Å². The summed E-state index contributed by atoms with van der Waals surface area (Å²) in [7, 11) is 1.40. The lowest BCUT2D eigenvalue weighted by atomic mass is 9.95. The van der Waals surface area contributed by atoms with Crippen molar-refractivity contribution < 1.29 is 18.8 Å². The molecule has 0 unspecified atom stereocenters. The number of amides is 2. The Bertz CT molecular complexity index is 1110. The van der Waals surface area contributed by atoms with Crippen LogP contribution in [0.3, 0.4) is 0 Å². The van der Waals surface area contributed by atoms with Crippen molar-refractivity contribution >= 4 is 18.0 Å². The van der Waals surface area contributed by atoms with Crippen molar-refractivity contribution in [1.29, 1.82) is 0 Å². The number of hydrogen-bond acceptors (Lipinski definition) is 7. The Morgan fingerprint density at radius 2 is 1.74 bits per heavy atom. The zero-order valence-corrected chi connectivity index (χ0v) is 22.5. The van der Waals surface area contributed by atoms with Crippen LogP contribution in [0.4, 0.5) is 5.69 Å². The highest BCUT2D eigenvalue weighted by atomic mass is 16.6. The van der Waals surface area contributed by atoms with E-state index >= 15 is 0 Å². The van der Waals surface area contributed by atoms with Gasteiger partial charge in [-0.2, -0.15) is 0 Å². The maximum Gasteiger partial charge on any atom is 0.253 e. The first-order chi connectivity index (χ1) is 18.5. The number of furan rings is 1. The number of nitrogens with one attached hydrogen (secondary N) is 1. The molecule has 2 heterocycles. The molecular weight excluding hydrogens is 482 g/mol. The fraction of sp³-hybridized carbons (Fsp3) is 0.379. The molecule has 204 valence electrons. The number of carbonyl (C=O) groups excluding carboxylic acids is 2. The Labute approximate surface area is 225 Å². The van der Waals surface area contributed by atoms with E-state index in [1.54, 1.807) is 6.26 Å². The second-order valence-electron chi connectivity index (χ2n) is 9.02. The van der Waals surface area contributed by atoms with E-state index in [4.69, 9.17) is 4.42 Å². The summed E-state index contributed by atoms with van der Waals surface area (Å²) in [6.07, 6.45) is 2.42. The second kappa shape index (κ2) is 15.0. The van der Waals surface area contributed by atoms with Crippen LogP contribution in [0.5, 0.6) is 0 Å². The molecule has 9 nitrogen and oxygen atoms in total. The van der Waals surface area contributed by atoms with Crippen molar-refractivity contribution in [3.05, 3.63) is 89.4 Å². The van der Waals surface area contributed by atoms with E-state index in [0.29, 0.717) is 25.1 Å². The first-order valence-corrected chi connectivity index (χ1v) is 13.0. The third-order valence-corrected chi connectivity index (χ3v) is 6.68. The zero-order valence-electron chi connectivity index (χ0n) is 22.5. The van der Waals surface area contributed by atoms with Crippen LogP contribution in [0, 0.1) is 0 Å². The predicted octanol–water partition coefficient (Wildman–Crippen LogP) is 3.74. The first-order valence-electron chi connectivity index (χ1n) is 13.0. The summed E-state index contributed by atoms with van der Waals surface area (Å²) in [5, 5.41) is 2.77. The highest BCUT2D eigenvalue weighted by Gasteiger charge is 2.27. The maximum absolute atomic E-state index is 12.8. The highest BCUT2D eigenvalue weighted by Crippen LogP contribution is 2.31. The van der Waals surface area contributed by atoms with Crippen molar-refractivity contribution in [2.24, 2.45) is 5.90 Å². The molecule has 1 aliphatic heterocycles. The summed E-state index contributed by atoms with van der Waals surface area (Å²) in [4.78, 5) is 34.3. The average Bonchev–Trinajstić information content (AvgIpc) is 3.45. The molecule has 2 amide bonds. The highest BCUT2D eigenvalue weighted by molar-refractivity contribution is 5.94. The Balaban J connectivity index is 0.00000127. The van der Waals surface area contributed by atoms with Crippen LogP contribution in [-0.2, 0) is 16.2 Å². The lowest BCUT2D eigenvalue weighted by Crippen LogP contribution is -2.47. The molecular formula is C29H39N5O4. The van der Waals surface area contributed by atoms with Crippen LogP contribution in [0.15, 0.2) is 71.3 Å². The van der Waals surface area contributed by atoms with Crippen LogP contribution in [0.1, 0.15) is 47.1 Å². The number of piperazine rings is 1. The minimum Gasteiger partial charge on any atom is -0.468 e. The molecule has 1 aliphatic rings. The van der Waals surface area contributed by atoms with Crippen molar-refractivity contribution in [2.45, 2.75) is 26.4 Å². The third-order valence-electron chi connectivity index (χ3n) is 6.68. The van der Waals surface area contributed by atoms with Crippen LogP contribution < -0.4 is 11.2 Å². The fourth-order valence-electron chi connectivity index (χ4n) is 4.78. The van der Waals surface area contributed by atoms with E-state index in [9.17, 15) is 9.59 Å². The van der Waals surface area contributed by atoms with E-state index in [1.165, 1.54) is 7.11 Å². The summed E-state index contributed by atoms with van der Waals surface area (Å²) in [6, 6.07) is 20.0. The van der Waals surface area contributed by atoms with Gasteiger partial charge >= 0.3 is 0 Å². The molecule has 38 heavy (non-hydrogen) atoms.